The van der Waals surface area contributed by atoms with Gasteiger partial charge in [-0.15, -0.1) is 0 Å². The smallest absolute Gasteiger partial charge is 0.306 e. The number of carbonyl (C=O) groups excluding carboxylic acids is 3. The lowest BCUT2D eigenvalue weighted by Crippen LogP contribution is -2.30. The van der Waals surface area contributed by atoms with Gasteiger partial charge in [0.1, 0.15) is 13.2 Å². The third-order valence-corrected chi connectivity index (χ3v) is 15.8. The molecule has 0 N–H and O–H groups in total. The number of rotatable bonds is 65. The van der Waals surface area contributed by atoms with Crippen molar-refractivity contribution in [3.8, 4) is 0 Å². The monoisotopic (exact) mass is 1110 g/mol. The summed E-state index contributed by atoms with van der Waals surface area (Å²) in [5.41, 5.74) is 0. The fourth-order valence-electron chi connectivity index (χ4n) is 10.5. The largest absolute Gasteiger partial charge is 0.462 e. The lowest BCUT2D eigenvalue weighted by atomic mass is 10.0. The van der Waals surface area contributed by atoms with Crippen molar-refractivity contribution < 1.29 is 28.6 Å². The molecule has 0 aliphatic carbocycles. The predicted molar refractivity (Wildman–Crippen MR) is 344 cm³/mol. The molecule has 79 heavy (non-hydrogen) atoms. The van der Waals surface area contributed by atoms with Crippen LogP contribution in [0.5, 0.6) is 0 Å². The second-order valence-electron chi connectivity index (χ2n) is 23.8. The summed E-state index contributed by atoms with van der Waals surface area (Å²) in [4.78, 5) is 38.4. The van der Waals surface area contributed by atoms with Gasteiger partial charge in [-0.25, -0.2) is 0 Å². The number of ether oxygens (including phenoxy) is 3. The number of allylic oxidation sites excluding steroid dienone is 8. The molecule has 6 heteroatoms. The van der Waals surface area contributed by atoms with E-state index in [1.54, 1.807) is 0 Å². The normalized spacial score (nSPS) is 12.3. The van der Waals surface area contributed by atoms with Crippen molar-refractivity contribution in [3.05, 3.63) is 48.6 Å². The van der Waals surface area contributed by atoms with Crippen LogP contribution in [0.4, 0.5) is 0 Å². The molecular weight excluding hydrogens is 973 g/mol. The Bertz CT molecular complexity index is 1360. The first-order valence-corrected chi connectivity index (χ1v) is 35.1. The van der Waals surface area contributed by atoms with Crippen LogP contribution in [-0.4, -0.2) is 37.2 Å². The highest BCUT2D eigenvalue weighted by Gasteiger charge is 2.19. The molecule has 0 radical (unpaired) electrons. The van der Waals surface area contributed by atoms with E-state index in [0.717, 1.165) is 89.9 Å². The highest BCUT2D eigenvalue weighted by Crippen LogP contribution is 2.18. The zero-order chi connectivity index (χ0) is 57.1. The van der Waals surface area contributed by atoms with Crippen LogP contribution in [0.15, 0.2) is 48.6 Å². The quantitative estimate of drug-likeness (QED) is 0.0261. The standard InChI is InChI=1S/C73H134O6/c1-4-7-10-13-16-19-22-25-28-30-32-33-34-35-36-37-38-39-40-41-42-44-45-48-51-54-57-60-63-66-72(75)78-69-70(68-77-71(74)65-62-59-56-53-50-47-27-24-21-18-15-12-9-6-3)79-73(76)67-64-61-58-55-52-49-46-43-31-29-26-23-20-17-14-11-8-5-2/h15,18,20,23-24,27,29,31,70H,4-14,16-17,19,21-22,25-26,28,30,32-69H2,1-3H3/b18-15-,23-20-,27-24-,31-29-. The van der Waals surface area contributed by atoms with Crippen LogP contribution in [0, 0.1) is 0 Å². The van der Waals surface area contributed by atoms with Gasteiger partial charge >= 0.3 is 17.9 Å². The first-order chi connectivity index (χ1) is 39.0. The van der Waals surface area contributed by atoms with Crippen LogP contribution in [0.25, 0.3) is 0 Å². The lowest BCUT2D eigenvalue weighted by Gasteiger charge is -2.18. The first kappa shape index (κ1) is 76.4. The van der Waals surface area contributed by atoms with Crippen LogP contribution in [0.1, 0.15) is 380 Å². The van der Waals surface area contributed by atoms with E-state index >= 15 is 0 Å². The van der Waals surface area contributed by atoms with Crippen molar-refractivity contribution in [2.45, 2.75) is 386 Å². The van der Waals surface area contributed by atoms with Gasteiger partial charge < -0.3 is 14.2 Å². The summed E-state index contributed by atoms with van der Waals surface area (Å²) in [6, 6.07) is 0. The molecule has 6 nitrogen and oxygen atoms in total. The molecule has 462 valence electrons. The molecule has 0 spiro atoms. The van der Waals surface area contributed by atoms with Gasteiger partial charge in [0.05, 0.1) is 0 Å². The molecule has 0 bridgehead atoms. The molecule has 0 aromatic rings. The Balaban J connectivity index is 4.20. The molecule has 0 rings (SSSR count). The van der Waals surface area contributed by atoms with Crippen LogP contribution in [0.2, 0.25) is 0 Å². The summed E-state index contributed by atoms with van der Waals surface area (Å²) >= 11 is 0. The summed E-state index contributed by atoms with van der Waals surface area (Å²) < 4.78 is 17.0. The van der Waals surface area contributed by atoms with E-state index < -0.39 is 6.10 Å². The fourth-order valence-corrected chi connectivity index (χ4v) is 10.5. The molecule has 0 saturated carbocycles. The Morgan fingerprint density at radius 3 is 0.747 bits per heavy atom. The summed E-state index contributed by atoms with van der Waals surface area (Å²) in [5, 5.41) is 0. The van der Waals surface area contributed by atoms with Gasteiger partial charge in [0, 0.05) is 19.3 Å². The van der Waals surface area contributed by atoms with E-state index in [9.17, 15) is 14.4 Å². The maximum atomic E-state index is 12.9. The maximum absolute atomic E-state index is 12.9. The van der Waals surface area contributed by atoms with E-state index in [1.807, 2.05) is 0 Å². The molecule has 0 saturated heterocycles. The van der Waals surface area contributed by atoms with E-state index in [2.05, 4.69) is 69.4 Å². The van der Waals surface area contributed by atoms with Crippen LogP contribution in [0.3, 0.4) is 0 Å². The van der Waals surface area contributed by atoms with Gasteiger partial charge in [-0.2, -0.15) is 0 Å². The summed E-state index contributed by atoms with van der Waals surface area (Å²) in [7, 11) is 0. The molecule has 0 amide bonds. The first-order valence-electron chi connectivity index (χ1n) is 35.1. The minimum Gasteiger partial charge on any atom is -0.462 e. The molecule has 0 aliphatic rings. The van der Waals surface area contributed by atoms with Crippen molar-refractivity contribution in [2.24, 2.45) is 0 Å². The van der Waals surface area contributed by atoms with Crippen molar-refractivity contribution in [2.75, 3.05) is 13.2 Å². The van der Waals surface area contributed by atoms with Crippen molar-refractivity contribution in [3.63, 3.8) is 0 Å². The predicted octanol–water partition coefficient (Wildman–Crippen LogP) is 24.1. The van der Waals surface area contributed by atoms with Gasteiger partial charge in [-0.3, -0.25) is 14.4 Å². The van der Waals surface area contributed by atoms with Gasteiger partial charge in [0.25, 0.3) is 0 Å². The number of hydrogen-bond acceptors (Lipinski definition) is 6. The molecular formula is C73H134O6. The van der Waals surface area contributed by atoms with Gasteiger partial charge in [0.2, 0.25) is 0 Å². The second-order valence-corrected chi connectivity index (χ2v) is 23.8. The Kier molecular flexibility index (Phi) is 65.6. The van der Waals surface area contributed by atoms with Crippen molar-refractivity contribution >= 4 is 17.9 Å². The van der Waals surface area contributed by atoms with Crippen molar-refractivity contribution in [1.29, 1.82) is 0 Å². The Morgan fingerprint density at radius 2 is 0.468 bits per heavy atom. The molecule has 0 fully saturated rings. The fraction of sp³-hybridized carbons (Fsp3) is 0.849. The zero-order valence-electron chi connectivity index (χ0n) is 53.2. The Labute approximate surface area is 492 Å². The average Bonchev–Trinajstić information content (AvgIpc) is 3.45. The Morgan fingerprint density at radius 1 is 0.253 bits per heavy atom. The van der Waals surface area contributed by atoms with Gasteiger partial charge in [0.15, 0.2) is 6.10 Å². The summed E-state index contributed by atoms with van der Waals surface area (Å²) in [6.07, 6.45) is 85.8. The Hall–Kier alpha value is -2.63. The van der Waals surface area contributed by atoms with E-state index in [-0.39, 0.29) is 31.1 Å². The number of esters is 3. The van der Waals surface area contributed by atoms with E-state index in [4.69, 9.17) is 14.2 Å². The van der Waals surface area contributed by atoms with Crippen LogP contribution >= 0.6 is 0 Å². The number of hydrogen-bond donors (Lipinski definition) is 0. The summed E-state index contributed by atoms with van der Waals surface area (Å²) in [5.74, 6) is -0.877. The SMILES string of the molecule is CCCC/C=C\C/C=C\CCCCCCCC(=O)OCC(COC(=O)CCCCCCCCCCCCCCCCCCCCCCCCCCCCCCC)OC(=O)CCCCCCCCC/C=C\C/C=C\CCCCCC. The average molecular weight is 1110 g/mol. The number of unbranched alkanes of at least 4 members (excludes halogenated alkanes) is 46. The minimum absolute atomic E-state index is 0.0774. The number of carbonyl (C=O) groups is 3. The third-order valence-electron chi connectivity index (χ3n) is 15.8. The molecule has 0 aromatic carbocycles. The molecule has 0 heterocycles. The van der Waals surface area contributed by atoms with Crippen LogP contribution in [-0.2, 0) is 28.6 Å². The van der Waals surface area contributed by atoms with Crippen LogP contribution < -0.4 is 0 Å². The lowest BCUT2D eigenvalue weighted by molar-refractivity contribution is -0.167. The topological polar surface area (TPSA) is 78.9 Å². The highest BCUT2D eigenvalue weighted by atomic mass is 16.6. The summed E-state index contributed by atoms with van der Waals surface area (Å²) in [6.45, 7) is 6.63. The highest BCUT2D eigenvalue weighted by molar-refractivity contribution is 5.71. The molecule has 0 aromatic heterocycles. The van der Waals surface area contributed by atoms with E-state index in [0.29, 0.717) is 19.3 Å². The third kappa shape index (κ3) is 66.1. The van der Waals surface area contributed by atoms with Gasteiger partial charge in [-0.1, -0.05) is 333 Å². The van der Waals surface area contributed by atoms with Crippen molar-refractivity contribution in [1.82, 2.24) is 0 Å². The maximum Gasteiger partial charge on any atom is 0.306 e. The molecule has 0 aliphatic heterocycles. The minimum atomic E-state index is -0.783. The van der Waals surface area contributed by atoms with Gasteiger partial charge in [-0.05, 0) is 77.0 Å². The molecule has 1 atom stereocenters. The second kappa shape index (κ2) is 67.9. The van der Waals surface area contributed by atoms with E-state index in [1.165, 1.54) is 250 Å². The molecule has 1 unspecified atom stereocenters. The zero-order valence-corrected chi connectivity index (χ0v) is 53.2.